The maximum absolute atomic E-state index is 3.16. The molecule has 1 aliphatic carbocycles. The number of benzene rings is 3. The van der Waals surface area contributed by atoms with Gasteiger partial charge < -0.3 is 0 Å². The molecule has 0 aliphatic heterocycles. The van der Waals surface area contributed by atoms with Gasteiger partial charge in [0.15, 0.2) is 0 Å². The van der Waals surface area contributed by atoms with Gasteiger partial charge in [-0.25, -0.2) is 0 Å². The molecule has 0 aromatic heterocycles. The summed E-state index contributed by atoms with van der Waals surface area (Å²) in [5.41, 5.74) is 2.99. The fourth-order valence-electron chi connectivity index (χ4n) is 4.62. The average molecular weight is 327 g/mol. The maximum atomic E-state index is 3.16. The van der Waals surface area contributed by atoms with Crippen molar-refractivity contribution >= 4 is 10.8 Å². The van der Waals surface area contributed by atoms with Crippen molar-refractivity contribution in [2.75, 3.05) is 0 Å². The Kier molecular flexibility index (Phi) is 5.16. The summed E-state index contributed by atoms with van der Waals surface area (Å²) in [7, 11) is 0. The largest absolute Gasteiger partial charge is 0.0616 e. The minimum Gasteiger partial charge on any atom is -0.0616 e. The van der Waals surface area contributed by atoms with E-state index in [0.717, 1.165) is 11.8 Å². The fourth-order valence-corrected chi connectivity index (χ4v) is 4.62. The Bertz CT molecular complexity index is 791. The molecule has 1 aliphatic rings. The van der Waals surface area contributed by atoms with Crippen molar-refractivity contribution in [3.63, 3.8) is 0 Å². The highest BCUT2D eigenvalue weighted by atomic mass is 14.3. The van der Waals surface area contributed by atoms with Crippen molar-refractivity contribution < 1.29 is 0 Å². The van der Waals surface area contributed by atoms with Crippen LogP contribution in [-0.4, -0.2) is 0 Å². The molecule has 1 saturated carbocycles. The summed E-state index contributed by atoms with van der Waals surface area (Å²) in [6, 6.07) is 27.4. The van der Waals surface area contributed by atoms with Gasteiger partial charge in [-0.3, -0.25) is 0 Å². The molecule has 1 fully saturated rings. The third-order valence-corrected chi connectivity index (χ3v) is 5.96. The normalized spacial score (nSPS) is 16.8. The number of hydrogen-bond donors (Lipinski definition) is 0. The summed E-state index contributed by atoms with van der Waals surface area (Å²) in [5, 5.41) is 2.81. The minimum atomic E-state index is 0.744. The van der Waals surface area contributed by atoms with Crippen LogP contribution in [0.5, 0.6) is 0 Å². The van der Waals surface area contributed by atoms with Crippen LogP contribution >= 0.6 is 0 Å². The van der Waals surface area contributed by atoms with E-state index in [4.69, 9.17) is 0 Å². The second-order valence-electron chi connectivity index (χ2n) is 7.61. The molecule has 1 atom stereocenters. The van der Waals surface area contributed by atoms with Crippen LogP contribution in [0.1, 0.15) is 43.2 Å². The molecular formula is C25H27. The maximum Gasteiger partial charge on any atom is -0.0152 e. The molecule has 0 heterocycles. The van der Waals surface area contributed by atoms with Gasteiger partial charge in [-0.05, 0) is 52.6 Å². The van der Waals surface area contributed by atoms with E-state index < -0.39 is 0 Å². The highest BCUT2D eigenvalue weighted by Gasteiger charge is 2.24. The molecule has 1 radical (unpaired) electrons. The van der Waals surface area contributed by atoms with Crippen LogP contribution in [0.4, 0.5) is 0 Å². The van der Waals surface area contributed by atoms with Crippen LogP contribution in [0.25, 0.3) is 10.8 Å². The molecule has 4 rings (SSSR count). The zero-order valence-electron chi connectivity index (χ0n) is 15.0. The molecule has 0 N–H and O–H groups in total. The SMILES string of the molecule is [c]1ccc(CC(Cc2cccc3ccccc23)C2CCCCC2)cc1. The van der Waals surface area contributed by atoms with Crippen LogP contribution < -0.4 is 0 Å². The summed E-state index contributed by atoms with van der Waals surface area (Å²) in [6.07, 6.45) is 9.48. The Balaban J connectivity index is 1.62. The lowest BCUT2D eigenvalue weighted by atomic mass is 9.74. The third-order valence-electron chi connectivity index (χ3n) is 5.96. The van der Waals surface area contributed by atoms with E-state index in [0.29, 0.717) is 0 Å². The molecule has 3 aromatic rings. The summed E-state index contributed by atoms with van der Waals surface area (Å²) in [5.74, 6) is 1.62. The van der Waals surface area contributed by atoms with E-state index in [2.05, 4.69) is 72.8 Å². The summed E-state index contributed by atoms with van der Waals surface area (Å²) in [4.78, 5) is 0. The van der Waals surface area contributed by atoms with E-state index in [1.807, 2.05) is 0 Å². The third kappa shape index (κ3) is 3.95. The molecule has 0 spiro atoms. The van der Waals surface area contributed by atoms with Crippen molar-refractivity contribution in [1.29, 1.82) is 0 Å². The first kappa shape index (κ1) is 16.4. The Morgan fingerprint density at radius 1 is 0.800 bits per heavy atom. The zero-order chi connectivity index (χ0) is 16.9. The molecule has 0 amide bonds. The standard InChI is InChI=1S/C25H27/c1-3-10-20(11-4-1)18-24(21-12-5-2-6-13-21)19-23-16-9-15-22-14-7-8-17-25(22)23/h3-4,7-11,14-17,21,24H,2,5-6,12-13,18-19H2. The van der Waals surface area contributed by atoms with Gasteiger partial charge in [0.05, 0.1) is 0 Å². The van der Waals surface area contributed by atoms with Gasteiger partial charge >= 0.3 is 0 Å². The predicted octanol–water partition coefficient (Wildman–Crippen LogP) is 6.62. The highest BCUT2D eigenvalue weighted by Crippen LogP contribution is 2.35. The Morgan fingerprint density at radius 3 is 2.40 bits per heavy atom. The molecular weight excluding hydrogens is 300 g/mol. The van der Waals surface area contributed by atoms with Gasteiger partial charge in [0.25, 0.3) is 0 Å². The van der Waals surface area contributed by atoms with Crippen LogP contribution in [-0.2, 0) is 12.8 Å². The molecule has 25 heavy (non-hydrogen) atoms. The van der Waals surface area contributed by atoms with Crippen molar-refractivity contribution in [2.24, 2.45) is 11.8 Å². The first-order chi connectivity index (χ1) is 12.4. The summed E-state index contributed by atoms with van der Waals surface area (Å²) in [6.45, 7) is 0. The van der Waals surface area contributed by atoms with Crippen molar-refractivity contribution in [3.8, 4) is 0 Å². The highest BCUT2D eigenvalue weighted by molar-refractivity contribution is 5.85. The van der Waals surface area contributed by atoms with Gasteiger partial charge in [-0.1, -0.05) is 98.8 Å². The van der Waals surface area contributed by atoms with Crippen molar-refractivity contribution in [2.45, 2.75) is 44.9 Å². The zero-order valence-corrected chi connectivity index (χ0v) is 15.0. The smallest absolute Gasteiger partial charge is 0.0152 e. The van der Waals surface area contributed by atoms with Gasteiger partial charge in [0.1, 0.15) is 0 Å². The van der Waals surface area contributed by atoms with E-state index in [-0.39, 0.29) is 0 Å². The topological polar surface area (TPSA) is 0 Å². The average Bonchev–Trinajstić information content (AvgIpc) is 2.69. The van der Waals surface area contributed by atoms with E-state index in [9.17, 15) is 0 Å². The molecule has 0 nitrogen and oxygen atoms in total. The van der Waals surface area contributed by atoms with Gasteiger partial charge in [0, 0.05) is 0 Å². The first-order valence-electron chi connectivity index (χ1n) is 9.82. The molecule has 1 unspecified atom stereocenters. The summed E-state index contributed by atoms with van der Waals surface area (Å²) < 4.78 is 0. The molecule has 0 heteroatoms. The molecule has 127 valence electrons. The van der Waals surface area contributed by atoms with Crippen molar-refractivity contribution in [3.05, 3.63) is 83.9 Å². The number of fused-ring (bicyclic) bond motifs is 1. The first-order valence-corrected chi connectivity index (χ1v) is 9.82. The Labute approximate surface area is 151 Å². The fraction of sp³-hybridized carbons (Fsp3) is 0.360. The quantitative estimate of drug-likeness (QED) is 0.494. The second-order valence-corrected chi connectivity index (χ2v) is 7.61. The van der Waals surface area contributed by atoms with E-state index in [1.165, 1.54) is 66.8 Å². The predicted molar refractivity (Wildman–Crippen MR) is 107 cm³/mol. The Hall–Kier alpha value is -2.08. The van der Waals surface area contributed by atoms with E-state index in [1.54, 1.807) is 0 Å². The Morgan fingerprint density at radius 2 is 1.56 bits per heavy atom. The summed E-state index contributed by atoms with van der Waals surface area (Å²) >= 11 is 0. The van der Waals surface area contributed by atoms with Crippen LogP contribution in [0, 0.1) is 17.9 Å². The lowest BCUT2D eigenvalue weighted by Gasteiger charge is -2.31. The van der Waals surface area contributed by atoms with Gasteiger partial charge in [-0.2, -0.15) is 0 Å². The second kappa shape index (κ2) is 7.87. The van der Waals surface area contributed by atoms with Crippen molar-refractivity contribution in [1.82, 2.24) is 0 Å². The lowest BCUT2D eigenvalue weighted by Crippen LogP contribution is -2.22. The molecule has 0 bridgehead atoms. The molecule has 3 aromatic carbocycles. The van der Waals surface area contributed by atoms with Gasteiger partial charge in [0.2, 0.25) is 0 Å². The minimum absolute atomic E-state index is 0.744. The van der Waals surface area contributed by atoms with Crippen LogP contribution in [0.3, 0.4) is 0 Å². The molecule has 0 saturated heterocycles. The lowest BCUT2D eigenvalue weighted by molar-refractivity contribution is 0.245. The monoisotopic (exact) mass is 327 g/mol. The number of rotatable bonds is 5. The van der Waals surface area contributed by atoms with Crippen LogP contribution in [0.2, 0.25) is 0 Å². The van der Waals surface area contributed by atoms with E-state index >= 15 is 0 Å². The number of hydrogen-bond acceptors (Lipinski definition) is 0. The van der Waals surface area contributed by atoms with Gasteiger partial charge in [-0.15, -0.1) is 0 Å². The van der Waals surface area contributed by atoms with Crippen LogP contribution in [0.15, 0.2) is 66.7 Å².